The number of nitrogens with one attached hydrogen (secondary N) is 2. The van der Waals surface area contributed by atoms with Crippen molar-refractivity contribution in [1.29, 1.82) is 0 Å². The third-order valence-corrected chi connectivity index (χ3v) is 5.21. The van der Waals surface area contributed by atoms with Gasteiger partial charge in [-0.3, -0.25) is 0 Å². The largest absolute Gasteiger partial charge is 0.457 e. The fourth-order valence-corrected chi connectivity index (χ4v) is 3.70. The van der Waals surface area contributed by atoms with Crippen molar-refractivity contribution in [3.05, 3.63) is 71.8 Å². The number of methoxy groups -OCH3 is 1. The van der Waals surface area contributed by atoms with Gasteiger partial charge in [-0.15, -0.1) is 24.0 Å². The summed E-state index contributed by atoms with van der Waals surface area (Å²) in [7, 11) is 1.66. The number of aliphatic imine (C=N–C) groups is 1. The number of benzene rings is 2. The molecule has 1 aromatic heterocycles. The lowest BCUT2D eigenvalue weighted by Crippen LogP contribution is -2.47. The van der Waals surface area contributed by atoms with E-state index in [4.69, 9.17) is 14.5 Å². The first kappa shape index (κ1) is 25.0. The first-order chi connectivity index (χ1) is 15.7. The lowest BCUT2D eigenvalue weighted by molar-refractivity contribution is 0.177. The van der Waals surface area contributed by atoms with Crippen LogP contribution in [0.3, 0.4) is 0 Å². The molecule has 8 nitrogen and oxygen atoms in total. The molecule has 1 atom stereocenters. The number of hydrogen-bond acceptors (Lipinski definition) is 5. The molecule has 2 N–H and O–H groups in total. The number of ether oxygens (including phenoxy) is 2. The van der Waals surface area contributed by atoms with E-state index in [0.29, 0.717) is 13.2 Å². The molecule has 0 saturated heterocycles. The van der Waals surface area contributed by atoms with Gasteiger partial charge >= 0.3 is 0 Å². The monoisotopic (exact) mass is 562 g/mol. The molecule has 176 valence electrons. The fraction of sp³-hybridized carbons (Fsp3) is 0.375. The highest BCUT2D eigenvalue weighted by atomic mass is 127. The van der Waals surface area contributed by atoms with Crippen LogP contribution in [0.1, 0.15) is 30.6 Å². The lowest BCUT2D eigenvalue weighted by Gasteiger charge is -2.25. The van der Waals surface area contributed by atoms with Crippen molar-refractivity contribution in [3.8, 4) is 11.5 Å². The Hall–Kier alpha value is -2.66. The van der Waals surface area contributed by atoms with Gasteiger partial charge in [0, 0.05) is 31.7 Å². The molecule has 0 spiro atoms. The standard InChI is InChI=1S/C24H30N6O2.HI/c1-3-25-24(27-19-13-14-23-28-22(17-31-2)29-30(23)16-19)26-15-18-9-7-8-12-21(18)32-20-10-5-4-6-11-20;/h4-12,19H,3,13-17H2,1-2H3,(H2,25,26,27);1H. The highest BCUT2D eigenvalue weighted by molar-refractivity contribution is 14.0. The van der Waals surface area contributed by atoms with Gasteiger partial charge in [0.2, 0.25) is 0 Å². The van der Waals surface area contributed by atoms with Crippen molar-refractivity contribution >= 4 is 29.9 Å². The Morgan fingerprint density at radius 2 is 1.94 bits per heavy atom. The van der Waals surface area contributed by atoms with Crippen molar-refractivity contribution in [2.75, 3.05) is 13.7 Å². The van der Waals surface area contributed by atoms with Crippen molar-refractivity contribution in [1.82, 2.24) is 25.4 Å². The van der Waals surface area contributed by atoms with E-state index in [1.165, 1.54) is 0 Å². The van der Waals surface area contributed by atoms with Crippen LogP contribution in [0.25, 0.3) is 0 Å². The van der Waals surface area contributed by atoms with Crippen LogP contribution in [-0.2, 0) is 30.9 Å². The average Bonchev–Trinajstić information content (AvgIpc) is 3.21. The second-order valence-electron chi connectivity index (χ2n) is 7.66. The van der Waals surface area contributed by atoms with E-state index >= 15 is 0 Å². The molecule has 1 aliphatic rings. The van der Waals surface area contributed by atoms with E-state index in [2.05, 4.69) is 27.6 Å². The van der Waals surface area contributed by atoms with Crippen LogP contribution in [-0.4, -0.2) is 40.4 Å². The predicted octanol–water partition coefficient (Wildman–Crippen LogP) is 3.90. The Morgan fingerprint density at radius 1 is 1.15 bits per heavy atom. The molecule has 3 aromatic rings. The minimum atomic E-state index is 0. The first-order valence-electron chi connectivity index (χ1n) is 11.0. The molecule has 1 aliphatic heterocycles. The van der Waals surface area contributed by atoms with Gasteiger partial charge in [0.05, 0.1) is 13.1 Å². The van der Waals surface area contributed by atoms with Crippen molar-refractivity contribution < 1.29 is 9.47 Å². The maximum absolute atomic E-state index is 6.07. The number of guanidine groups is 1. The Morgan fingerprint density at radius 3 is 2.73 bits per heavy atom. The van der Waals surface area contributed by atoms with E-state index in [1.54, 1.807) is 7.11 Å². The van der Waals surface area contributed by atoms with Crippen LogP contribution in [0.5, 0.6) is 11.5 Å². The van der Waals surface area contributed by atoms with E-state index in [-0.39, 0.29) is 30.0 Å². The Labute approximate surface area is 211 Å². The summed E-state index contributed by atoms with van der Waals surface area (Å²) >= 11 is 0. The zero-order valence-corrected chi connectivity index (χ0v) is 21.4. The Bertz CT molecular complexity index is 1040. The molecule has 0 amide bonds. The SMILES string of the molecule is CCNC(=NCc1ccccc1Oc1ccccc1)NC1CCc2nc(COC)nn2C1.I. The summed E-state index contributed by atoms with van der Waals surface area (Å²) in [5, 5.41) is 11.5. The quantitative estimate of drug-likeness (QED) is 0.246. The molecule has 0 bridgehead atoms. The van der Waals surface area contributed by atoms with Crippen LogP contribution in [0.15, 0.2) is 59.6 Å². The van der Waals surface area contributed by atoms with Crippen molar-refractivity contribution in [2.24, 2.45) is 4.99 Å². The second-order valence-corrected chi connectivity index (χ2v) is 7.66. The maximum Gasteiger partial charge on any atom is 0.191 e. The number of fused-ring (bicyclic) bond motifs is 1. The van der Waals surface area contributed by atoms with Gasteiger partial charge < -0.3 is 20.1 Å². The molecule has 2 heterocycles. The summed E-state index contributed by atoms with van der Waals surface area (Å²) in [6, 6.07) is 18.0. The van der Waals surface area contributed by atoms with Gasteiger partial charge in [0.25, 0.3) is 0 Å². The molecule has 0 saturated carbocycles. The van der Waals surface area contributed by atoms with E-state index < -0.39 is 0 Å². The summed E-state index contributed by atoms with van der Waals surface area (Å²) in [6.45, 7) is 4.55. The normalized spacial score (nSPS) is 15.3. The predicted molar refractivity (Wildman–Crippen MR) is 139 cm³/mol. The van der Waals surface area contributed by atoms with Crippen LogP contribution in [0.4, 0.5) is 0 Å². The summed E-state index contributed by atoms with van der Waals surface area (Å²) in [6.07, 6.45) is 1.85. The number of aryl methyl sites for hydroxylation is 1. The van der Waals surface area contributed by atoms with Gasteiger partial charge in [-0.05, 0) is 31.5 Å². The number of nitrogens with zero attached hydrogens (tertiary/aromatic N) is 4. The molecule has 0 fully saturated rings. The Balaban J connectivity index is 0.00000306. The van der Waals surface area contributed by atoms with Crippen LogP contribution < -0.4 is 15.4 Å². The zero-order valence-electron chi connectivity index (χ0n) is 19.0. The van der Waals surface area contributed by atoms with Crippen LogP contribution in [0.2, 0.25) is 0 Å². The summed E-state index contributed by atoms with van der Waals surface area (Å²) in [5.74, 6) is 4.16. The summed E-state index contributed by atoms with van der Waals surface area (Å²) < 4.78 is 13.2. The minimum absolute atomic E-state index is 0. The molecule has 33 heavy (non-hydrogen) atoms. The summed E-state index contributed by atoms with van der Waals surface area (Å²) in [4.78, 5) is 9.37. The van der Waals surface area contributed by atoms with Gasteiger partial charge in [-0.1, -0.05) is 36.4 Å². The first-order valence-corrected chi connectivity index (χ1v) is 11.0. The number of rotatable bonds is 8. The van der Waals surface area contributed by atoms with E-state index in [1.807, 2.05) is 59.3 Å². The van der Waals surface area contributed by atoms with Crippen molar-refractivity contribution in [2.45, 2.75) is 45.5 Å². The van der Waals surface area contributed by atoms with E-state index in [9.17, 15) is 0 Å². The van der Waals surface area contributed by atoms with Crippen LogP contribution >= 0.6 is 24.0 Å². The fourth-order valence-electron chi connectivity index (χ4n) is 3.70. The molecular formula is C24H31IN6O2. The maximum atomic E-state index is 6.07. The summed E-state index contributed by atoms with van der Waals surface area (Å²) in [5.41, 5.74) is 1.03. The zero-order chi connectivity index (χ0) is 22.2. The number of para-hydroxylation sites is 2. The van der Waals surface area contributed by atoms with Gasteiger partial charge in [0.15, 0.2) is 11.8 Å². The lowest BCUT2D eigenvalue weighted by atomic mass is 10.1. The highest BCUT2D eigenvalue weighted by Gasteiger charge is 2.22. The molecule has 0 radical (unpaired) electrons. The Kier molecular flexibility index (Phi) is 9.49. The molecule has 0 aliphatic carbocycles. The smallest absolute Gasteiger partial charge is 0.191 e. The second kappa shape index (κ2) is 12.5. The highest BCUT2D eigenvalue weighted by Crippen LogP contribution is 2.25. The van der Waals surface area contributed by atoms with E-state index in [0.717, 1.165) is 60.6 Å². The number of hydrogen-bond donors (Lipinski definition) is 2. The van der Waals surface area contributed by atoms with Crippen LogP contribution in [0, 0.1) is 0 Å². The third kappa shape index (κ3) is 6.91. The average molecular weight is 562 g/mol. The number of aromatic nitrogens is 3. The van der Waals surface area contributed by atoms with Gasteiger partial charge in [0.1, 0.15) is 23.9 Å². The van der Waals surface area contributed by atoms with Gasteiger partial charge in [-0.25, -0.2) is 14.7 Å². The minimum Gasteiger partial charge on any atom is -0.457 e. The van der Waals surface area contributed by atoms with Gasteiger partial charge in [-0.2, -0.15) is 5.10 Å². The third-order valence-electron chi connectivity index (χ3n) is 5.21. The molecule has 4 rings (SSSR count). The molecular weight excluding hydrogens is 531 g/mol. The molecule has 9 heteroatoms. The molecule has 1 unspecified atom stereocenters. The van der Waals surface area contributed by atoms with Crippen molar-refractivity contribution in [3.63, 3.8) is 0 Å². The number of halogens is 1. The molecule has 2 aromatic carbocycles. The topological polar surface area (TPSA) is 85.6 Å².